The molecule has 1 saturated heterocycles. The average molecular weight is 296 g/mol. The van der Waals surface area contributed by atoms with E-state index in [-0.39, 0.29) is 0 Å². The van der Waals surface area contributed by atoms with Crippen LogP contribution in [0.4, 0.5) is 0 Å². The normalized spacial score (nSPS) is 22.0. The summed E-state index contributed by atoms with van der Waals surface area (Å²) < 4.78 is 0. The molecule has 4 rings (SSSR count). The molecule has 2 aliphatic rings. The molecule has 1 atom stereocenters. The van der Waals surface area contributed by atoms with Crippen LogP contribution in [0.25, 0.3) is 0 Å². The van der Waals surface area contributed by atoms with E-state index in [1.807, 2.05) is 12.3 Å². The first kappa shape index (κ1) is 13.9. The summed E-state index contributed by atoms with van der Waals surface area (Å²) in [5.41, 5.74) is 5.20. The van der Waals surface area contributed by atoms with Crippen LogP contribution >= 0.6 is 0 Å². The molecule has 0 unspecified atom stereocenters. The number of H-pyrrole nitrogens is 1. The number of aryl methyl sites for hydroxylation is 3. The highest BCUT2D eigenvalue weighted by atomic mass is 15.2. The monoisotopic (exact) mass is 296 g/mol. The summed E-state index contributed by atoms with van der Waals surface area (Å²) in [7, 11) is 0. The Morgan fingerprint density at radius 3 is 3.05 bits per heavy atom. The van der Waals surface area contributed by atoms with E-state index >= 15 is 0 Å². The van der Waals surface area contributed by atoms with Crippen molar-refractivity contribution in [1.29, 1.82) is 0 Å². The topological polar surface area (TPSA) is 44.8 Å². The molecule has 0 spiro atoms. The fourth-order valence-corrected chi connectivity index (χ4v) is 3.83. The Kier molecular flexibility index (Phi) is 3.70. The highest BCUT2D eigenvalue weighted by Crippen LogP contribution is 2.33. The molecular formula is C18H24N4. The van der Waals surface area contributed by atoms with E-state index in [4.69, 9.17) is 4.98 Å². The number of likely N-dealkylation sites (tertiary alicyclic amines) is 1. The Morgan fingerprint density at radius 2 is 2.18 bits per heavy atom. The van der Waals surface area contributed by atoms with Crippen LogP contribution in [0.3, 0.4) is 0 Å². The molecule has 1 N–H and O–H groups in total. The molecule has 4 heteroatoms. The smallest absolute Gasteiger partial charge is 0.124 e. The fourth-order valence-electron chi connectivity index (χ4n) is 3.83. The van der Waals surface area contributed by atoms with Gasteiger partial charge in [-0.25, -0.2) is 4.98 Å². The SMILES string of the molecule is Cc1cccnc1CN1CCC[C@H]1c1nc2c([nH]1)CCCC2. The Hall–Kier alpha value is -1.68. The van der Waals surface area contributed by atoms with E-state index in [0.29, 0.717) is 6.04 Å². The molecule has 1 fully saturated rings. The number of hydrogen-bond acceptors (Lipinski definition) is 3. The summed E-state index contributed by atoms with van der Waals surface area (Å²) in [6.07, 6.45) is 9.28. The second-order valence-corrected chi connectivity index (χ2v) is 6.65. The van der Waals surface area contributed by atoms with Crippen LogP contribution < -0.4 is 0 Å². The molecule has 116 valence electrons. The van der Waals surface area contributed by atoms with Crippen molar-refractivity contribution >= 4 is 0 Å². The minimum atomic E-state index is 0.437. The van der Waals surface area contributed by atoms with Crippen molar-refractivity contribution < 1.29 is 0 Å². The van der Waals surface area contributed by atoms with Crippen LogP contribution in [-0.4, -0.2) is 26.4 Å². The highest BCUT2D eigenvalue weighted by molar-refractivity contribution is 5.21. The lowest BCUT2D eigenvalue weighted by Crippen LogP contribution is -2.24. The van der Waals surface area contributed by atoms with E-state index in [1.54, 1.807) is 0 Å². The van der Waals surface area contributed by atoms with Gasteiger partial charge in [-0.1, -0.05) is 6.07 Å². The van der Waals surface area contributed by atoms with E-state index < -0.39 is 0 Å². The third kappa shape index (κ3) is 2.56. The number of fused-ring (bicyclic) bond motifs is 1. The molecule has 1 aliphatic carbocycles. The van der Waals surface area contributed by atoms with E-state index in [1.165, 1.54) is 60.6 Å². The first-order valence-electron chi connectivity index (χ1n) is 8.53. The third-order valence-corrected chi connectivity index (χ3v) is 5.12. The van der Waals surface area contributed by atoms with Gasteiger partial charge in [0, 0.05) is 18.4 Å². The van der Waals surface area contributed by atoms with Crippen LogP contribution in [-0.2, 0) is 19.4 Å². The number of nitrogens with one attached hydrogen (secondary N) is 1. The first-order chi connectivity index (χ1) is 10.8. The summed E-state index contributed by atoms with van der Waals surface area (Å²) in [6.45, 7) is 4.23. The molecule has 2 aromatic heterocycles. The maximum Gasteiger partial charge on any atom is 0.124 e. The number of aromatic amines is 1. The number of pyridine rings is 1. The largest absolute Gasteiger partial charge is 0.344 e. The molecule has 1 aliphatic heterocycles. The Bertz CT molecular complexity index is 637. The Morgan fingerprint density at radius 1 is 1.27 bits per heavy atom. The zero-order valence-corrected chi connectivity index (χ0v) is 13.3. The molecule has 0 aromatic carbocycles. The standard InChI is InChI=1S/C18H24N4/c1-13-6-4-10-19-16(13)12-22-11-5-9-17(22)18-20-14-7-2-3-8-15(14)21-18/h4,6,10,17H,2-3,5,7-9,11-12H2,1H3,(H,20,21)/t17-/m0/s1. The van der Waals surface area contributed by atoms with Crippen molar-refractivity contribution in [2.24, 2.45) is 0 Å². The lowest BCUT2D eigenvalue weighted by atomic mass is 10.0. The van der Waals surface area contributed by atoms with Crippen LogP contribution in [0.2, 0.25) is 0 Å². The third-order valence-electron chi connectivity index (χ3n) is 5.12. The number of imidazole rings is 1. The molecule has 0 radical (unpaired) electrons. The van der Waals surface area contributed by atoms with Crippen molar-refractivity contribution in [1.82, 2.24) is 19.9 Å². The molecule has 0 amide bonds. The predicted molar refractivity (Wildman–Crippen MR) is 86.6 cm³/mol. The van der Waals surface area contributed by atoms with Gasteiger partial charge in [-0.05, 0) is 63.6 Å². The fraction of sp³-hybridized carbons (Fsp3) is 0.556. The number of aromatic nitrogens is 3. The van der Waals surface area contributed by atoms with Crippen LogP contribution in [0.15, 0.2) is 18.3 Å². The summed E-state index contributed by atoms with van der Waals surface area (Å²) >= 11 is 0. The molecule has 2 aromatic rings. The molecule has 4 nitrogen and oxygen atoms in total. The zero-order valence-electron chi connectivity index (χ0n) is 13.3. The van der Waals surface area contributed by atoms with Crippen molar-refractivity contribution in [3.05, 3.63) is 46.8 Å². The highest BCUT2D eigenvalue weighted by Gasteiger charge is 2.30. The molecule has 0 bridgehead atoms. The van der Waals surface area contributed by atoms with Gasteiger partial charge in [0.05, 0.1) is 17.4 Å². The maximum absolute atomic E-state index is 4.93. The van der Waals surface area contributed by atoms with Gasteiger partial charge in [0.25, 0.3) is 0 Å². The lowest BCUT2D eigenvalue weighted by molar-refractivity contribution is 0.237. The van der Waals surface area contributed by atoms with Crippen molar-refractivity contribution in [2.75, 3.05) is 6.54 Å². The van der Waals surface area contributed by atoms with Crippen LogP contribution in [0.1, 0.15) is 60.2 Å². The van der Waals surface area contributed by atoms with Crippen LogP contribution in [0.5, 0.6) is 0 Å². The van der Waals surface area contributed by atoms with Gasteiger partial charge in [0.1, 0.15) is 5.82 Å². The molecule has 22 heavy (non-hydrogen) atoms. The van der Waals surface area contributed by atoms with E-state index in [0.717, 1.165) is 19.5 Å². The van der Waals surface area contributed by atoms with Crippen molar-refractivity contribution in [2.45, 2.75) is 58.0 Å². The number of hydrogen-bond donors (Lipinski definition) is 1. The predicted octanol–water partition coefficient (Wildman–Crippen LogP) is 3.33. The summed E-state index contributed by atoms with van der Waals surface area (Å²) in [6, 6.07) is 4.60. The summed E-state index contributed by atoms with van der Waals surface area (Å²) in [5, 5.41) is 0. The second kappa shape index (κ2) is 5.84. The van der Waals surface area contributed by atoms with Crippen molar-refractivity contribution in [3.63, 3.8) is 0 Å². The van der Waals surface area contributed by atoms with Crippen molar-refractivity contribution in [3.8, 4) is 0 Å². The number of nitrogens with zero attached hydrogens (tertiary/aromatic N) is 3. The van der Waals surface area contributed by atoms with E-state index in [2.05, 4.69) is 27.9 Å². The molecule has 3 heterocycles. The van der Waals surface area contributed by atoms with Gasteiger partial charge in [-0.2, -0.15) is 0 Å². The van der Waals surface area contributed by atoms with Gasteiger partial charge < -0.3 is 4.98 Å². The maximum atomic E-state index is 4.93. The van der Waals surface area contributed by atoms with Gasteiger partial charge >= 0.3 is 0 Å². The lowest BCUT2D eigenvalue weighted by Gasteiger charge is -2.23. The average Bonchev–Trinajstić information content (AvgIpc) is 3.15. The molecular weight excluding hydrogens is 272 g/mol. The van der Waals surface area contributed by atoms with Gasteiger partial charge in [-0.15, -0.1) is 0 Å². The van der Waals surface area contributed by atoms with Gasteiger partial charge in [-0.3, -0.25) is 9.88 Å². The second-order valence-electron chi connectivity index (χ2n) is 6.65. The summed E-state index contributed by atoms with van der Waals surface area (Å²) in [4.78, 5) is 15.7. The summed E-state index contributed by atoms with van der Waals surface area (Å²) in [5.74, 6) is 1.19. The first-order valence-corrected chi connectivity index (χ1v) is 8.53. The Labute approximate surface area is 132 Å². The minimum absolute atomic E-state index is 0.437. The van der Waals surface area contributed by atoms with Gasteiger partial charge in [0.15, 0.2) is 0 Å². The molecule has 0 saturated carbocycles. The van der Waals surface area contributed by atoms with E-state index in [9.17, 15) is 0 Å². The van der Waals surface area contributed by atoms with Gasteiger partial charge in [0.2, 0.25) is 0 Å². The Balaban J connectivity index is 1.56. The van der Waals surface area contributed by atoms with Crippen LogP contribution in [0, 0.1) is 6.92 Å². The zero-order chi connectivity index (χ0) is 14.9. The minimum Gasteiger partial charge on any atom is -0.344 e. The number of rotatable bonds is 3. The quantitative estimate of drug-likeness (QED) is 0.945.